The standard InChI is InChI=1S/C42H40N8/c1-3-7-27(8-4-1)29-11-15-31(16-12-29)33-35-37(49-25-21-45-41(49)39-43-19-23-47(35)39)34(32-17-13-30(14-18-32)28-9-5-2-6-10-28)38-36(33)48-24-20-44-40(48)42-46-22-26-50(38)42/h1-26,33-46H. The molecule has 6 aliphatic heterocycles. The number of benzene rings is 4. The molecule has 7 aliphatic rings. The summed E-state index contributed by atoms with van der Waals surface area (Å²) in [5, 5.41) is 14.9. The zero-order chi connectivity index (χ0) is 32.8. The minimum absolute atomic E-state index is 0.128. The lowest BCUT2D eigenvalue weighted by atomic mass is 9.60. The highest BCUT2D eigenvalue weighted by Crippen LogP contribution is 2.55. The van der Waals surface area contributed by atoms with E-state index in [1.54, 1.807) is 0 Å². The number of nitrogens with one attached hydrogen (secondary N) is 4. The van der Waals surface area contributed by atoms with Crippen LogP contribution in [0.4, 0.5) is 0 Å². The molecule has 50 heavy (non-hydrogen) atoms. The number of hydrogen-bond donors (Lipinski definition) is 4. The van der Waals surface area contributed by atoms with Crippen molar-refractivity contribution in [3.63, 3.8) is 0 Å². The van der Waals surface area contributed by atoms with Crippen molar-refractivity contribution in [3.8, 4) is 22.3 Å². The normalized spacial score (nSPS) is 33.4. The van der Waals surface area contributed by atoms with Gasteiger partial charge in [-0.05, 0) is 33.4 Å². The fourth-order valence-electron chi connectivity index (χ4n) is 10.3. The van der Waals surface area contributed by atoms with Crippen LogP contribution in [0.5, 0.6) is 0 Å². The summed E-state index contributed by atoms with van der Waals surface area (Å²) in [6.45, 7) is 0. The summed E-state index contributed by atoms with van der Waals surface area (Å²) in [5.74, 6) is 0.414. The molecule has 0 amide bonds. The SMILES string of the molecule is C1=CN2C(N1)C1NC=CN1C1C(c3ccc(-c4ccccc4)cc3)C3C(C(c4ccc(-c5ccccc5)cc4)C12)N1C=CNC1C1NC=CN13. The molecule has 0 spiro atoms. The van der Waals surface area contributed by atoms with E-state index in [2.05, 4.69) is 200 Å². The summed E-state index contributed by atoms with van der Waals surface area (Å²) < 4.78 is 0. The van der Waals surface area contributed by atoms with Gasteiger partial charge in [0.15, 0.2) is 0 Å². The molecule has 3 fully saturated rings. The van der Waals surface area contributed by atoms with Gasteiger partial charge in [0.1, 0.15) is 24.7 Å². The van der Waals surface area contributed by atoms with Gasteiger partial charge in [0.2, 0.25) is 0 Å². The second kappa shape index (κ2) is 10.9. The van der Waals surface area contributed by atoms with E-state index >= 15 is 0 Å². The second-order valence-corrected chi connectivity index (χ2v) is 14.5. The summed E-state index contributed by atoms with van der Waals surface area (Å²) >= 11 is 0. The van der Waals surface area contributed by atoms with Gasteiger partial charge in [-0.3, -0.25) is 0 Å². The van der Waals surface area contributed by atoms with Crippen LogP contribution in [0.3, 0.4) is 0 Å². The minimum atomic E-state index is 0.128. The summed E-state index contributed by atoms with van der Waals surface area (Å²) in [6, 6.07) is 41.2. The first kappa shape index (κ1) is 28.1. The van der Waals surface area contributed by atoms with Crippen LogP contribution >= 0.6 is 0 Å². The second-order valence-electron chi connectivity index (χ2n) is 14.5. The lowest BCUT2D eigenvalue weighted by Crippen LogP contribution is -2.80. The fraction of sp³-hybridized carbons (Fsp3) is 0.238. The molecule has 0 bridgehead atoms. The molecule has 0 radical (unpaired) electrons. The Balaban J connectivity index is 1.11. The third kappa shape index (κ3) is 3.99. The largest absolute Gasteiger partial charge is 0.367 e. The van der Waals surface area contributed by atoms with E-state index in [-0.39, 0.29) is 60.7 Å². The zero-order valence-corrected chi connectivity index (χ0v) is 27.6. The molecule has 2 saturated heterocycles. The molecule has 4 N–H and O–H groups in total. The average molecular weight is 657 g/mol. The van der Waals surface area contributed by atoms with E-state index in [0.29, 0.717) is 0 Å². The van der Waals surface area contributed by atoms with Gasteiger partial charge in [0.25, 0.3) is 0 Å². The summed E-state index contributed by atoms with van der Waals surface area (Å²) in [5.41, 5.74) is 7.77. The third-order valence-electron chi connectivity index (χ3n) is 12.3. The van der Waals surface area contributed by atoms with Crippen LogP contribution in [0.2, 0.25) is 0 Å². The molecular formula is C42H40N8. The first-order valence-corrected chi connectivity index (χ1v) is 17.9. The van der Waals surface area contributed by atoms with Crippen molar-refractivity contribution in [1.29, 1.82) is 0 Å². The molecule has 8 atom stereocenters. The van der Waals surface area contributed by atoms with Crippen molar-refractivity contribution >= 4 is 0 Å². The fourth-order valence-corrected chi connectivity index (χ4v) is 10.3. The predicted molar refractivity (Wildman–Crippen MR) is 196 cm³/mol. The molecule has 4 aromatic carbocycles. The summed E-state index contributed by atoms with van der Waals surface area (Å²) in [6.07, 6.45) is 18.4. The number of rotatable bonds is 4. The molecule has 8 unspecified atom stereocenters. The predicted octanol–water partition coefficient (Wildman–Crippen LogP) is 5.21. The summed E-state index contributed by atoms with van der Waals surface area (Å²) in [4.78, 5) is 10.6. The van der Waals surface area contributed by atoms with Gasteiger partial charge in [-0.1, -0.05) is 109 Å². The smallest absolute Gasteiger partial charge is 0.139 e. The first-order valence-electron chi connectivity index (χ1n) is 17.9. The van der Waals surface area contributed by atoms with Gasteiger partial charge in [0, 0.05) is 61.4 Å². The molecule has 1 saturated carbocycles. The minimum Gasteiger partial charge on any atom is -0.367 e. The Morgan fingerprint density at radius 1 is 0.320 bits per heavy atom. The van der Waals surface area contributed by atoms with Crippen molar-refractivity contribution in [2.24, 2.45) is 0 Å². The molecule has 4 aromatic rings. The van der Waals surface area contributed by atoms with Gasteiger partial charge in [-0.25, -0.2) is 0 Å². The monoisotopic (exact) mass is 656 g/mol. The Morgan fingerprint density at radius 2 is 0.600 bits per heavy atom. The van der Waals surface area contributed by atoms with Gasteiger partial charge >= 0.3 is 0 Å². The van der Waals surface area contributed by atoms with Crippen molar-refractivity contribution in [2.75, 3.05) is 0 Å². The molecule has 8 heteroatoms. The first-order chi connectivity index (χ1) is 24.8. The number of piperazine rings is 2. The lowest BCUT2D eigenvalue weighted by Gasteiger charge is -2.67. The van der Waals surface area contributed by atoms with Gasteiger partial charge in [-0.2, -0.15) is 0 Å². The van der Waals surface area contributed by atoms with Gasteiger partial charge in [-0.15, -0.1) is 0 Å². The van der Waals surface area contributed by atoms with Crippen LogP contribution in [-0.4, -0.2) is 68.4 Å². The quantitative estimate of drug-likeness (QED) is 0.239. The molecule has 248 valence electrons. The molecule has 6 heterocycles. The van der Waals surface area contributed by atoms with Crippen LogP contribution in [0.25, 0.3) is 22.3 Å². The lowest BCUT2D eigenvalue weighted by molar-refractivity contribution is -0.123. The molecular weight excluding hydrogens is 617 g/mol. The third-order valence-corrected chi connectivity index (χ3v) is 12.3. The summed E-state index contributed by atoms with van der Waals surface area (Å²) in [7, 11) is 0. The van der Waals surface area contributed by atoms with E-state index in [9.17, 15) is 0 Å². The highest BCUT2D eigenvalue weighted by molar-refractivity contribution is 5.65. The Kier molecular flexibility index (Phi) is 6.11. The van der Waals surface area contributed by atoms with E-state index in [0.717, 1.165) is 0 Å². The number of nitrogens with zero attached hydrogens (tertiary/aromatic N) is 4. The van der Waals surface area contributed by atoms with Crippen molar-refractivity contribution in [3.05, 3.63) is 170 Å². The molecule has 11 rings (SSSR count). The van der Waals surface area contributed by atoms with Crippen LogP contribution in [0.1, 0.15) is 23.0 Å². The van der Waals surface area contributed by atoms with Crippen LogP contribution in [-0.2, 0) is 0 Å². The Labute approximate surface area is 293 Å². The highest BCUT2D eigenvalue weighted by Gasteiger charge is 2.65. The van der Waals surface area contributed by atoms with Crippen LogP contribution < -0.4 is 21.3 Å². The average Bonchev–Trinajstić information content (AvgIpc) is 4.01. The zero-order valence-electron chi connectivity index (χ0n) is 27.6. The van der Waals surface area contributed by atoms with E-state index in [1.165, 1.54) is 33.4 Å². The topological polar surface area (TPSA) is 61.1 Å². The van der Waals surface area contributed by atoms with Crippen molar-refractivity contribution in [2.45, 2.75) is 60.7 Å². The maximum atomic E-state index is 3.73. The molecule has 0 aromatic heterocycles. The Morgan fingerprint density at radius 3 is 0.900 bits per heavy atom. The maximum absolute atomic E-state index is 3.73. The van der Waals surface area contributed by atoms with E-state index in [1.807, 2.05) is 0 Å². The maximum Gasteiger partial charge on any atom is 0.139 e. The van der Waals surface area contributed by atoms with Crippen molar-refractivity contribution < 1.29 is 0 Å². The van der Waals surface area contributed by atoms with Crippen molar-refractivity contribution in [1.82, 2.24) is 40.9 Å². The van der Waals surface area contributed by atoms with Gasteiger partial charge < -0.3 is 40.9 Å². The Bertz CT molecular complexity index is 1800. The molecule has 1 aliphatic carbocycles. The number of fused-ring (bicyclic) bond motifs is 12. The highest BCUT2D eigenvalue weighted by atomic mass is 15.5. The van der Waals surface area contributed by atoms with Crippen LogP contribution in [0.15, 0.2) is 159 Å². The van der Waals surface area contributed by atoms with E-state index < -0.39 is 0 Å². The Hall–Kier alpha value is -5.76. The molecule has 8 nitrogen and oxygen atoms in total. The van der Waals surface area contributed by atoms with Gasteiger partial charge in [0.05, 0.1) is 24.2 Å². The van der Waals surface area contributed by atoms with Crippen LogP contribution in [0, 0.1) is 0 Å². The number of hydrogen-bond acceptors (Lipinski definition) is 8. The van der Waals surface area contributed by atoms with E-state index in [4.69, 9.17) is 0 Å².